The van der Waals surface area contributed by atoms with E-state index in [0.717, 1.165) is 16.4 Å². The minimum Gasteiger partial charge on any atom is -0.380 e. The molecule has 1 N–H and O–H groups in total. The molecular formula is C16H21ClN4. The molecular weight excluding hydrogens is 284 g/mol. The maximum Gasteiger partial charge on any atom is 0.138 e. The topological polar surface area (TPSA) is 42.7 Å². The van der Waals surface area contributed by atoms with Crippen molar-refractivity contribution >= 4 is 17.3 Å². The Morgan fingerprint density at radius 1 is 1.33 bits per heavy atom. The Labute approximate surface area is 130 Å². The molecule has 1 aliphatic rings. The summed E-state index contributed by atoms with van der Waals surface area (Å²) in [6.07, 6.45) is 8.29. The van der Waals surface area contributed by atoms with Gasteiger partial charge in [0.15, 0.2) is 0 Å². The molecule has 2 aromatic rings. The molecule has 0 aliphatic heterocycles. The third-order valence-electron chi connectivity index (χ3n) is 4.46. The summed E-state index contributed by atoms with van der Waals surface area (Å²) >= 11 is 6.18. The fraction of sp³-hybridized carbons (Fsp3) is 0.500. The number of benzene rings is 1. The Hall–Kier alpha value is -1.55. The van der Waals surface area contributed by atoms with Gasteiger partial charge in [0.2, 0.25) is 0 Å². The van der Waals surface area contributed by atoms with Crippen molar-refractivity contribution in [3.05, 3.63) is 35.9 Å². The van der Waals surface area contributed by atoms with E-state index in [1.165, 1.54) is 25.7 Å². The van der Waals surface area contributed by atoms with Crippen molar-refractivity contribution in [1.82, 2.24) is 14.8 Å². The van der Waals surface area contributed by atoms with E-state index in [2.05, 4.69) is 29.2 Å². The number of nitrogens with zero attached hydrogens (tertiary/aromatic N) is 3. The molecule has 1 aliphatic carbocycles. The molecule has 112 valence electrons. The molecule has 0 saturated heterocycles. The second kappa shape index (κ2) is 5.68. The van der Waals surface area contributed by atoms with Gasteiger partial charge in [0.25, 0.3) is 0 Å². The molecule has 1 aromatic carbocycles. The molecule has 1 fully saturated rings. The zero-order valence-electron chi connectivity index (χ0n) is 12.5. The van der Waals surface area contributed by atoms with Gasteiger partial charge >= 0.3 is 0 Å². The Balaban J connectivity index is 1.92. The van der Waals surface area contributed by atoms with Gasteiger partial charge in [0.1, 0.15) is 12.7 Å². The minimum atomic E-state index is 0.292. The number of rotatable bonds is 3. The first-order valence-corrected chi connectivity index (χ1v) is 7.85. The smallest absolute Gasteiger partial charge is 0.138 e. The number of nitrogens with one attached hydrogen (secondary N) is 1. The zero-order valence-corrected chi connectivity index (χ0v) is 13.3. The van der Waals surface area contributed by atoms with E-state index in [9.17, 15) is 0 Å². The second-order valence-corrected chi connectivity index (χ2v) is 6.87. The lowest BCUT2D eigenvalue weighted by Gasteiger charge is -2.40. The van der Waals surface area contributed by atoms with E-state index >= 15 is 0 Å². The molecule has 1 heterocycles. The van der Waals surface area contributed by atoms with Crippen LogP contribution in [0.25, 0.3) is 5.69 Å². The summed E-state index contributed by atoms with van der Waals surface area (Å²) in [4.78, 5) is 4.03. The molecule has 0 bridgehead atoms. The van der Waals surface area contributed by atoms with Gasteiger partial charge in [0, 0.05) is 11.1 Å². The van der Waals surface area contributed by atoms with Crippen molar-refractivity contribution in [1.29, 1.82) is 0 Å². The van der Waals surface area contributed by atoms with Gasteiger partial charge in [-0.05, 0) is 36.5 Å². The van der Waals surface area contributed by atoms with Gasteiger partial charge in [-0.1, -0.05) is 38.3 Å². The van der Waals surface area contributed by atoms with Gasteiger partial charge in [-0.25, -0.2) is 9.67 Å². The second-order valence-electron chi connectivity index (χ2n) is 6.43. The Morgan fingerprint density at radius 2 is 2.19 bits per heavy atom. The summed E-state index contributed by atoms with van der Waals surface area (Å²) in [6.45, 7) is 4.67. The highest BCUT2D eigenvalue weighted by atomic mass is 35.5. The molecule has 0 spiro atoms. The van der Waals surface area contributed by atoms with E-state index in [-0.39, 0.29) is 0 Å². The number of hydrogen-bond donors (Lipinski definition) is 1. The fourth-order valence-electron chi connectivity index (χ4n) is 3.11. The van der Waals surface area contributed by atoms with Gasteiger partial charge in [-0.2, -0.15) is 5.10 Å². The van der Waals surface area contributed by atoms with Crippen LogP contribution in [0, 0.1) is 5.41 Å². The minimum absolute atomic E-state index is 0.292. The third kappa shape index (κ3) is 3.05. The quantitative estimate of drug-likeness (QED) is 0.919. The molecule has 4 nitrogen and oxygen atoms in total. The van der Waals surface area contributed by atoms with Crippen molar-refractivity contribution in [3.63, 3.8) is 0 Å². The number of aromatic nitrogens is 3. The van der Waals surface area contributed by atoms with Gasteiger partial charge in [-0.15, -0.1) is 0 Å². The first-order valence-electron chi connectivity index (χ1n) is 7.47. The lowest BCUT2D eigenvalue weighted by molar-refractivity contribution is 0.217. The molecule has 21 heavy (non-hydrogen) atoms. The molecule has 1 saturated carbocycles. The van der Waals surface area contributed by atoms with Gasteiger partial charge in [-0.3, -0.25) is 0 Å². The molecule has 1 aromatic heterocycles. The predicted octanol–water partition coefficient (Wildman–Crippen LogP) is 4.30. The first-order chi connectivity index (χ1) is 10.1. The Bertz CT molecular complexity index is 607. The number of hydrogen-bond acceptors (Lipinski definition) is 3. The normalized spacial score (nSPS) is 21.2. The van der Waals surface area contributed by atoms with E-state index in [4.69, 9.17) is 11.6 Å². The SMILES string of the molecule is CC1(C)CCCCC1Nc1cc(Cl)ccc1-n1cncn1. The van der Waals surface area contributed by atoms with Crippen LogP contribution in [-0.4, -0.2) is 20.8 Å². The summed E-state index contributed by atoms with van der Waals surface area (Å²) in [6, 6.07) is 6.29. The monoisotopic (exact) mass is 304 g/mol. The highest BCUT2D eigenvalue weighted by Gasteiger charge is 2.32. The Morgan fingerprint density at radius 3 is 2.90 bits per heavy atom. The first kappa shape index (κ1) is 14.4. The van der Waals surface area contributed by atoms with Crippen LogP contribution in [0.15, 0.2) is 30.9 Å². The molecule has 0 radical (unpaired) electrons. The molecule has 3 rings (SSSR count). The standard InChI is InChI=1S/C16H21ClN4/c1-16(2)8-4-3-5-15(16)20-13-9-12(17)6-7-14(13)21-11-18-10-19-21/h6-7,9-11,15,20H,3-5,8H2,1-2H3. The summed E-state index contributed by atoms with van der Waals surface area (Å²) in [5, 5.41) is 8.66. The lowest BCUT2D eigenvalue weighted by Crippen LogP contribution is -2.39. The van der Waals surface area contributed by atoms with Crippen LogP contribution in [0.4, 0.5) is 5.69 Å². The molecule has 1 atom stereocenters. The van der Waals surface area contributed by atoms with Crippen LogP contribution >= 0.6 is 11.6 Å². The molecule has 0 amide bonds. The molecule has 1 unspecified atom stereocenters. The van der Waals surface area contributed by atoms with Gasteiger partial charge < -0.3 is 5.32 Å². The van der Waals surface area contributed by atoms with Crippen LogP contribution in [0.1, 0.15) is 39.5 Å². The van der Waals surface area contributed by atoms with E-state index in [1.807, 2.05) is 18.2 Å². The average molecular weight is 305 g/mol. The van der Waals surface area contributed by atoms with Crippen molar-refractivity contribution in [2.24, 2.45) is 5.41 Å². The summed E-state index contributed by atoms with van der Waals surface area (Å²) in [5.41, 5.74) is 2.30. The fourth-order valence-corrected chi connectivity index (χ4v) is 3.28. The van der Waals surface area contributed by atoms with Crippen molar-refractivity contribution in [2.45, 2.75) is 45.6 Å². The average Bonchev–Trinajstić information content (AvgIpc) is 2.95. The summed E-state index contributed by atoms with van der Waals surface area (Å²) in [5.74, 6) is 0. The lowest BCUT2D eigenvalue weighted by atomic mass is 9.73. The van der Waals surface area contributed by atoms with E-state index in [1.54, 1.807) is 17.3 Å². The van der Waals surface area contributed by atoms with Crippen molar-refractivity contribution in [2.75, 3.05) is 5.32 Å². The van der Waals surface area contributed by atoms with Crippen LogP contribution in [0.2, 0.25) is 5.02 Å². The summed E-state index contributed by atoms with van der Waals surface area (Å²) < 4.78 is 1.77. The third-order valence-corrected chi connectivity index (χ3v) is 4.70. The van der Waals surface area contributed by atoms with Crippen molar-refractivity contribution in [3.8, 4) is 5.69 Å². The number of halogens is 1. The van der Waals surface area contributed by atoms with Crippen LogP contribution in [0.5, 0.6) is 0 Å². The van der Waals surface area contributed by atoms with Gasteiger partial charge in [0.05, 0.1) is 11.4 Å². The van der Waals surface area contributed by atoms with E-state index < -0.39 is 0 Å². The molecule has 5 heteroatoms. The van der Waals surface area contributed by atoms with Crippen LogP contribution in [0.3, 0.4) is 0 Å². The maximum atomic E-state index is 6.18. The largest absolute Gasteiger partial charge is 0.380 e. The number of anilines is 1. The van der Waals surface area contributed by atoms with Crippen molar-refractivity contribution < 1.29 is 0 Å². The Kier molecular flexibility index (Phi) is 3.89. The highest BCUT2D eigenvalue weighted by Crippen LogP contribution is 2.38. The van der Waals surface area contributed by atoms with Crippen LogP contribution in [-0.2, 0) is 0 Å². The van der Waals surface area contributed by atoms with Crippen LogP contribution < -0.4 is 5.32 Å². The predicted molar refractivity (Wildman–Crippen MR) is 86.0 cm³/mol. The van der Waals surface area contributed by atoms with E-state index in [0.29, 0.717) is 11.5 Å². The maximum absolute atomic E-state index is 6.18. The highest BCUT2D eigenvalue weighted by molar-refractivity contribution is 6.31. The summed E-state index contributed by atoms with van der Waals surface area (Å²) in [7, 11) is 0. The zero-order chi connectivity index (χ0) is 14.9.